The molecule has 0 fully saturated rings. The molecule has 2 nitrogen and oxygen atoms in total. The molecule has 25 heavy (non-hydrogen) atoms. The Morgan fingerprint density at radius 3 is 1.56 bits per heavy atom. The molecule has 0 aromatic heterocycles. The number of nitrogens with zero attached hydrogens (tertiary/aromatic N) is 2. The van der Waals surface area contributed by atoms with E-state index in [1.54, 1.807) is 0 Å². The Labute approximate surface area is 150 Å². The minimum atomic E-state index is 0.951. The lowest BCUT2D eigenvalue weighted by Crippen LogP contribution is -2.22. The van der Waals surface area contributed by atoms with E-state index in [0.29, 0.717) is 0 Å². The number of benzene rings is 2. The van der Waals surface area contributed by atoms with Gasteiger partial charge in [0.15, 0.2) is 0 Å². The highest BCUT2D eigenvalue weighted by Gasteiger charge is 2.25. The highest BCUT2D eigenvalue weighted by Crippen LogP contribution is 2.33. The van der Waals surface area contributed by atoms with Gasteiger partial charge in [0, 0.05) is 25.2 Å². The molecule has 0 bridgehead atoms. The highest BCUT2D eigenvalue weighted by atomic mass is 14.8. The molecule has 1 aliphatic rings. The van der Waals surface area contributed by atoms with Crippen LogP contribution in [0.2, 0.25) is 0 Å². The van der Waals surface area contributed by atoms with Crippen LogP contribution in [0, 0.1) is 13.8 Å². The van der Waals surface area contributed by atoms with Gasteiger partial charge in [0.25, 0.3) is 0 Å². The van der Waals surface area contributed by atoms with Gasteiger partial charge in [-0.25, -0.2) is 0 Å². The second-order valence-corrected chi connectivity index (χ2v) is 6.49. The van der Waals surface area contributed by atoms with Gasteiger partial charge in [-0.15, -0.1) is 0 Å². The molecule has 2 aromatic carbocycles. The smallest absolute Gasteiger partial charge is 0.0910 e. The van der Waals surface area contributed by atoms with Crippen LogP contribution in [0.3, 0.4) is 0 Å². The van der Waals surface area contributed by atoms with E-state index in [1.807, 2.05) is 14.1 Å². The van der Waals surface area contributed by atoms with Crippen molar-refractivity contribution in [3.63, 3.8) is 0 Å². The van der Waals surface area contributed by atoms with Crippen molar-refractivity contribution < 1.29 is 0 Å². The SMILES string of the molecule is CN=C1C(c2ccc(C)cc2)=CC(C)=C(c2ccc(C)cc2)C1=NC. The third-order valence-corrected chi connectivity index (χ3v) is 4.62. The molecule has 0 unspecified atom stereocenters. The lowest BCUT2D eigenvalue weighted by atomic mass is 9.82. The van der Waals surface area contributed by atoms with Crippen molar-refractivity contribution in [2.45, 2.75) is 20.8 Å². The zero-order valence-electron chi connectivity index (χ0n) is 15.6. The van der Waals surface area contributed by atoms with Crippen LogP contribution in [0.5, 0.6) is 0 Å². The summed E-state index contributed by atoms with van der Waals surface area (Å²) in [6.45, 7) is 6.36. The maximum atomic E-state index is 4.61. The van der Waals surface area contributed by atoms with E-state index in [1.165, 1.54) is 33.4 Å². The van der Waals surface area contributed by atoms with E-state index >= 15 is 0 Å². The maximum Gasteiger partial charge on any atom is 0.0910 e. The van der Waals surface area contributed by atoms with Gasteiger partial charge in [-0.2, -0.15) is 0 Å². The van der Waals surface area contributed by atoms with E-state index in [0.717, 1.165) is 17.0 Å². The Bertz CT molecular complexity index is 906. The fourth-order valence-corrected chi connectivity index (χ4v) is 3.27. The first-order chi connectivity index (χ1) is 12.0. The summed E-state index contributed by atoms with van der Waals surface area (Å²) in [6, 6.07) is 17.2. The van der Waals surface area contributed by atoms with Crippen LogP contribution in [0.15, 0.2) is 70.2 Å². The zero-order valence-corrected chi connectivity index (χ0v) is 15.6. The van der Waals surface area contributed by atoms with E-state index in [9.17, 15) is 0 Å². The lowest BCUT2D eigenvalue weighted by molar-refractivity contribution is 1.39. The molecule has 0 N–H and O–H groups in total. The molecule has 1 aliphatic carbocycles. The number of allylic oxidation sites excluding steroid dienone is 4. The average Bonchev–Trinajstić information content (AvgIpc) is 2.62. The monoisotopic (exact) mass is 328 g/mol. The average molecular weight is 328 g/mol. The minimum absolute atomic E-state index is 0.951. The number of aliphatic imine (C=N–C) groups is 2. The van der Waals surface area contributed by atoms with E-state index < -0.39 is 0 Å². The molecule has 0 atom stereocenters. The minimum Gasteiger partial charge on any atom is -0.286 e. The van der Waals surface area contributed by atoms with Gasteiger partial charge in [0.2, 0.25) is 0 Å². The Morgan fingerprint density at radius 2 is 1.08 bits per heavy atom. The normalized spacial score (nSPS) is 18.0. The Hall–Kier alpha value is -2.74. The zero-order chi connectivity index (χ0) is 18.0. The van der Waals surface area contributed by atoms with E-state index in [-0.39, 0.29) is 0 Å². The summed E-state index contributed by atoms with van der Waals surface area (Å²) in [5.74, 6) is 0. The molecule has 0 aliphatic heterocycles. The molecular formula is C23H24N2. The summed E-state index contributed by atoms with van der Waals surface area (Å²) >= 11 is 0. The first kappa shape index (κ1) is 17.1. The van der Waals surface area contributed by atoms with Crippen molar-refractivity contribution in [1.82, 2.24) is 0 Å². The third-order valence-electron chi connectivity index (χ3n) is 4.62. The van der Waals surface area contributed by atoms with Crippen molar-refractivity contribution >= 4 is 22.6 Å². The van der Waals surface area contributed by atoms with Crippen LogP contribution >= 0.6 is 0 Å². The number of hydrogen-bond donors (Lipinski definition) is 0. The molecule has 2 aromatic rings. The standard InChI is InChI=1S/C23H24N2/c1-15-6-10-18(11-7-15)20-14-17(3)21(23(25-5)22(20)24-4)19-12-8-16(2)9-13-19/h6-14H,1-5H3. The molecule has 0 saturated heterocycles. The van der Waals surface area contributed by atoms with E-state index in [2.05, 4.69) is 85.4 Å². The summed E-state index contributed by atoms with van der Waals surface area (Å²) < 4.78 is 0. The first-order valence-electron chi connectivity index (χ1n) is 8.56. The van der Waals surface area contributed by atoms with E-state index in [4.69, 9.17) is 0 Å². The van der Waals surface area contributed by atoms with Crippen LogP contribution in [0.4, 0.5) is 0 Å². The first-order valence-corrected chi connectivity index (χ1v) is 8.56. The second kappa shape index (κ2) is 7.02. The molecule has 126 valence electrons. The fraction of sp³-hybridized carbons (Fsp3) is 0.217. The molecule has 0 spiro atoms. The number of hydrogen-bond acceptors (Lipinski definition) is 2. The Balaban J connectivity index is 2.20. The molecule has 3 rings (SSSR count). The van der Waals surface area contributed by atoms with Gasteiger partial charge in [0.05, 0.1) is 11.4 Å². The van der Waals surface area contributed by atoms with Crippen LogP contribution < -0.4 is 0 Å². The van der Waals surface area contributed by atoms with Gasteiger partial charge in [-0.3, -0.25) is 9.98 Å². The highest BCUT2D eigenvalue weighted by molar-refractivity contribution is 6.70. The molecule has 0 saturated carbocycles. The van der Waals surface area contributed by atoms with Crippen molar-refractivity contribution in [2.24, 2.45) is 9.98 Å². The molecule has 0 heterocycles. The van der Waals surface area contributed by atoms with Crippen molar-refractivity contribution in [2.75, 3.05) is 14.1 Å². The molecule has 0 amide bonds. The predicted octanol–water partition coefficient (Wildman–Crippen LogP) is 5.32. The second-order valence-electron chi connectivity index (χ2n) is 6.49. The summed E-state index contributed by atoms with van der Waals surface area (Å²) in [7, 11) is 3.69. The topological polar surface area (TPSA) is 24.7 Å². The summed E-state index contributed by atoms with van der Waals surface area (Å²) in [6.07, 6.45) is 2.23. The molecule has 2 heteroatoms. The maximum absolute atomic E-state index is 4.61. The summed E-state index contributed by atoms with van der Waals surface area (Å²) in [5.41, 5.74) is 10.3. The van der Waals surface area contributed by atoms with Crippen LogP contribution in [0.25, 0.3) is 11.1 Å². The summed E-state index contributed by atoms with van der Waals surface area (Å²) in [5, 5.41) is 0. The lowest BCUT2D eigenvalue weighted by Gasteiger charge is -2.23. The Morgan fingerprint density at radius 1 is 0.600 bits per heavy atom. The molecular weight excluding hydrogens is 304 g/mol. The van der Waals surface area contributed by atoms with Crippen molar-refractivity contribution in [1.29, 1.82) is 0 Å². The fourth-order valence-electron chi connectivity index (χ4n) is 3.27. The van der Waals surface area contributed by atoms with Crippen LogP contribution in [-0.2, 0) is 0 Å². The van der Waals surface area contributed by atoms with Crippen LogP contribution in [-0.4, -0.2) is 25.5 Å². The quantitative estimate of drug-likeness (QED) is 0.667. The predicted molar refractivity (Wildman–Crippen MR) is 110 cm³/mol. The van der Waals surface area contributed by atoms with Crippen molar-refractivity contribution in [3.05, 3.63) is 82.4 Å². The van der Waals surface area contributed by atoms with Gasteiger partial charge in [0.1, 0.15) is 0 Å². The van der Waals surface area contributed by atoms with Gasteiger partial charge < -0.3 is 0 Å². The van der Waals surface area contributed by atoms with Gasteiger partial charge in [-0.1, -0.05) is 59.7 Å². The van der Waals surface area contributed by atoms with Gasteiger partial charge in [-0.05, 0) is 43.5 Å². The van der Waals surface area contributed by atoms with Gasteiger partial charge >= 0.3 is 0 Å². The molecule has 0 radical (unpaired) electrons. The number of rotatable bonds is 2. The Kier molecular flexibility index (Phi) is 4.80. The van der Waals surface area contributed by atoms with Crippen LogP contribution in [0.1, 0.15) is 29.2 Å². The largest absolute Gasteiger partial charge is 0.286 e. The summed E-state index contributed by atoms with van der Waals surface area (Å²) in [4.78, 5) is 9.20. The third kappa shape index (κ3) is 3.25. The number of aryl methyl sites for hydroxylation is 2. The van der Waals surface area contributed by atoms with Crippen molar-refractivity contribution in [3.8, 4) is 0 Å².